The van der Waals surface area contributed by atoms with Crippen LogP contribution >= 0.6 is 0 Å². The van der Waals surface area contributed by atoms with Gasteiger partial charge in [0.05, 0.1) is 18.6 Å². The van der Waals surface area contributed by atoms with E-state index < -0.39 is 6.10 Å². The Hall–Kier alpha value is -1.54. The van der Waals surface area contributed by atoms with Crippen molar-refractivity contribution in [2.75, 3.05) is 0 Å². The van der Waals surface area contributed by atoms with Crippen LogP contribution in [-0.2, 0) is 5.41 Å². The standard InChI is InChI=1S/C14H16O2/c1-14(2,12-6-4-3-5-7-12)13(15)11-8-9-16-10-11/h3-10,13,15H,1-2H3. The highest BCUT2D eigenvalue weighted by molar-refractivity contribution is 5.28. The Bertz CT molecular complexity index is 429. The van der Waals surface area contributed by atoms with Crippen LogP contribution in [0.1, 0.15) is 31.1 Å². The van der Waals surface area contributed by atoms with Gasteiger partial charge in [0, 0.05) is 11.0 Å². The van der Waals surface area contributed by atoms with Crippen molar-refractivity contribution < 1.29 is 9.52 Å². The van der Waals surface area contributed by atoms with Gasteiger partial charge >= 0.3 is 0 Å². The number of rotatable bonds is 3. The molecule has 2 nitrogen and oxygen atoms in total. The molecule has 0 aliphatic carbocycles. The summed E-state index contributed by atoms with van der Waals surface area (Å²) in [5.74, 6) is 0. The number of hydrogen-bond donors (Lipinski definition) is 1. The molecule has 2 rings (SSSR count). The van der Waals surface area contributed by atoms with Gasteiger partial charge < -0.3 is 9.52 Å². The van der Waals surface area contributed by atoms with Crippen LogP contribution in [-0.4, -0.2) is 5.11 Å². The lowest BCUT2D eigenvalue weighted by molar-refractivity contribution is 0.0996. The number of benzene rings is 1. The quantitative estimate of drug-likeness (QED) is 0.854. The molecule has 0 spiro atoms. The smallest absolute Gasteiger partial charge is 0.0960 e. The van der Waals surface area contributed by atoms with Gasteiger partial charge in [-0.2, -0.15) is 0 Å². The highest BCUT2D eigenvalue weighted by Gasteiger charge is 2.31. The van der Waals surface area contributed by atoms with Gasteiger partial charge in [0.25, 0.3) is 0 Å². The van der Waals surface area contributed by atoms with Crippen LogP contribution in [0.25, 0.3) is 0 Å². The van der Waals surface area contributed by atoms with E-state index in [1.54, 1.807) is 18.6 Å². The third kappa shape index (κ3) is 1.89. The Morgan fingerprint density at radius 1 is 1.12 bits per heavy atom. The van der Waals surface area contributed by atoms with Gasteiger partial charge in [-0.25, -0.2) is 0 Å². The van der Waals surface area contributed by atoms with E-state index in [2.05, 4.69) is 0 Å². The first kappa shape index (κ1) is 11.0. The lowest BCUT2D eigenvalue weighted by atomic mass is 9.77. The van der Waals surface area contributed by atoms with Crippen molar-refractivity contribution in [1.82, 2.24) is 0 Å². The van der Waals surface area contributed by atoms with Gasteiger partial charge in [0.15, 0.2) is 0 Å². The summed E-state index contributed by atoms with van der Waals surface area (Å²) in [4.78, 5) is 0. The molecule has 0 saturated carbocycles. The second-order valence-electron chi connectivity index (χ2n) is 4.55. The van der Waals surface area contributed by atoms with Crippen molar-refractivity contribution in [1.29, 1.82) is 0 Å². The first-order chi connectivity index (χ1) is 7.62. The maximum absolute atomic E-state index is 10.3. The maximum atomic E-state index is 10.3. The zero-order chi connectivity index (χ0) is 11.6. The fourth-order valence-electron chi connectivity index (χ4n) is 1.87. The summed E-state index contributed by atoms with van der Waals surface area (Å²) >= 11 is 0. The molecule has 0 saturated heterocycles. The molecule has 84 valence electrons. The second-order valence-corrected chi connectivity index (χ2v) is 4.55. The number of aliphatic hydroxyl groups is 1. The molecule has 2 heteroatoms. The minimum Gasteiger partial charge on any atom is -0.472 e. The van der Waals surface area contributed by atoms with Crippen molar-refractivity contribution >= 4 is 0 Å². The fraction of sp³-hybridized carbons (Fsp3) is 0.286. The summed E-state index contributed by atoms with van der Waals surface area (Å²) in [5, 5.41) is 10.3. The van der Waals surface area contributed by atoms with Crippen LogP contribution < -0.4 is 0 Å². The van der Waals surface area contributed by atoms with Gasteiger partial charge in [-0.1, -0.05) is 44.2 Å². The molecule has 16 heavy (non-hydrogen) atoms. The van der Waals surface area contributed by atoms with Gasteiger partial charge in [0.1, 0.15) is 0 Å². The number of aliphatic hydroxyl groups excluding tert-OH is 1. The molecule has 1 aromatic carbocycles. The van der Waals surface area contributed by atoms with Crippen molar-refractivity contribution in [3.63, 3.8) is 0 Å². The summed E-state index contributed by atoms with van der Waals surface area (Å²) in [6.07, 6.45) is 2.61. The zero-order valence-electron chi connectivity index (χ0n) is 9.55. The highest BCUT2D eigenvalue weighted by Crippen LogP contribution is 2.36. The predicted molar refractivity (Wildman–Crippen MR) is 63.1 cm³/mol. The molecular weight excluding hydrogens is 200 g/mol. The third-order valence-electron chi connectivity index (χ3n) is 3.06. The van der Waals surface area contributed by atoms with Crippen molar-refractivity contribution in [3.8, 4) is 0 Å². The molecule has 0 fully saturated rings. The molecule has 0 aliphatic rings. The highest BCUT2D eigenvalue weighted by atomic mass is 16.3. The van der Waals surface area contributed by atoms with E-state index in [1.807, 2.05) is 44.2 Å². The lowest BCUT2D eigenvalue weighted by Gasteiger charge is -2.30. The van der Waals surface area contributed by atoms with E-state index in [0.29, 0.717) is 0 Å². The van der Waals surface area contributed by atoms with Crippen LogP contribution in [0.4, 0.5) is 0 Å². The molecule has 1 heterocycles. The van der Waals surface area contributed by atoms with E-state index in [0.717, 1.165) is 11.1 Å². The monoisotopic (exact) mass is 216 g/mol. The first-order valence-electron chi connectivity index (χ1n) is 5.38. The third-order valence-corrected chi connectivity index (χ3v) is 3.06. The van der Waals surface area contributed by atoms with Gasteiger partial charge in [-0.15, -0.1) is 0 Å². The van der Waals surface area contributed by atoms with Gasteiger partial charge in [-0.05, 0) is 11.6 Å². The molecular formula is C14H16O2. The Morgan fingerprint density at radius 3 is 2.38 bits per heavy atom. The zero-order valence-corrected chi connectivity index (χ0v) is 9.55. The van der Waals surface area contributed by atoms with E-state index in [-0.39, 0.29) is 5.41 Å². The first-order valence-corrected chi connectivity index (χ1v) is 5.38. The summed E-state index contributed by atoms with van der Waals surface area (Å²) in [6, 6.07) is 11.8. The second kappa shape index (κ2) is 4.14. The van der Waals surface area contributed by atoms with Gasteiger partial charge in [-0.3, -0.25) is 0 Å². The SMILES string of the molecule is CC(C)(c1ccccc1)C(O)c1ccoc1. The minimum atomic E-state index is -0.561. The van der Waals surface area contributed by atoms with E-state index >= 15 is 0 Å². The van der Waals surface area contributed by atoms with Gasteiger partial charge in [0.2, 0.25) is 0 Å². The fourth-order valence-corrected chi connectivity index (χ4v) is 1.87. The summed E-state index contributed by atoms with van der Waals surface area (Å²) in [5.41, 5.74) is 1.60. The van der Waals surface area contributed by atoms with E-state index in [1.165, 1.54) is 0 Å². The lowest BCUT2D eigenvalue weighted by Crippen LogP contribution is -2.26. The summed E-state index contributed by atoms with van der Waals surface area (Å²) in [7, 11) is 0. The summed E-state index contributed by atoms with van der Waals surface area (Å²) < 4.78 is 5.01. The Balaban J connectivity index is 2.32. The maximum Gasteiger partial charge on any atom is 0.0960 e. The van der Waals surface area contributed by atoms with Crippen LogP contribution in [0.5, 0.6) is 0 Å². The summed E-state index contributed by atoms with van der Waals surface area (Å²) in [6.45, 7) is 4.06. The normalized spacial score (nSPS) is 13.7. The molecule has 0 radical (unpaired) electrons. The number of furan rings is 1. The average Bonchev–Trinajstić information content (AvgIpc) is 2.82. The van der Waals surface area contributed by atoms with Crippen molar-refractivity contribution in [2.45, 2.75) is 25.4 Å². The molecule has 1 unspecified atom stereocenters. The largest absolute Gasteiger partial charge is 0.472 e. The van der Waals surface area contributed by atoms with Crippen LogP contribution in [0.2, 0.25) is 0 Å². The number of hydrogen-bond acceptors (Lipinski definition) is 2. The average molecular weight is 216 g/mol. The molecule has 0 amide bonds. The Kier molecular flexibility index (Phi) is 2.84. The van der Waals surface area contributed by atoms with Crippen LogP contribution in [0.3, 0.4) is 0 Å². The minimum absolute atomic E-state index is 0.328. The van der Waals surface area contributed by atoms with Crippen molar-refractivity contribution in [2.24, 2.45) is 0 Å². The van der Waals surface area contributed by atoms with Crippen LogP contribution in [0.15, 0.2) is 53.3 Å². The van der Waals surface area contributed by atoms with E-state index in [9.17, 15) is 5.11 Å². The van der Waals surface area contributed by atoms with Crippen LogP contribution in [0, 0.1) is 0 Å². The Morgan fingerprint density at radius 2 is 1.81 bits per heavy atom. The van der Waals surface area contributed by atoms with Crippen molar-refractivity contribution in [3.05, 3.63) is 60.1 Å². The molecule has 2 aromatic rings. The molecule has 1 atom stereocenters. The predicted octanol–water partition coefficient (Wildman–Crippen LogP) is 3.29. The Labute approximate surface area is 95.5 Å². The molecule has 0 bridgehead atoms. The molecule has 1 aromatic heterocycles. The topological polar surface area (TPSA) is 33.4 Å². The molecule has 0 aliphatic heterocycles. The molecule has 1 N–H and O–H groups in total. The van der Waals surface area contributed by atoms with E-state index in [4.69, 9.17) is 4.42 Å².